The van der Waals surface area contributed by atoms with E-state index in [1.54, 1.807) is 7.11 Å². The van der Waals surface area contributed by atoms with Gasteiger partial charge in [0.1, 0.15) is 5.75 Å². The lowest BCUT2D eigenvalue weighted by Gasteiger charge is -2.34. The van der Waals surface area contributed by atoms with Crippen LogP contribution in [0.5, 0.6) is 5.75 Å². The van der Waals surface area contributed by atoms with Gasteiger partial charge in [0.2, 0.25) is 0 Å². The Bertz CT molecular complexity index is 373. The van der Waals surface area contributed by atoms with E-state index in [0.29, 0.717) is 11.3 Å². The van der Waals surface area contributed by atoms with Gasteiger partial charge in [-0.25, -0.2) is 0 Å². The van der Waals surface area contributed by atoms with E-state index in [1.807, 2.05) is 12.1 Å². The average Bonchev–Trinajstić information content (AvgIpc) is 2.34. The molecule has 1 unspecified atom stereocenters. The van der Waals surface area contributed by atoms with Crippen molar-refractivity contribution in [2.75, 3.05) is 30.9 Å². The molecule has 0 heterocycles. The molecule has 3 heteroatoms. The van der Waals surface area contributed by atoms with Crippen molar-refractivity contribution in [3.63, 3.8) is 0 Å². The zero-order valence-corrected chi connectivity index (χ0v) is 13.6. The first kappa shape index (κ1) is 15.4. The maximum atomic E-state index is 5.41. The van der Waals surface area contributed by atoms with Crippen molar-refractivity contribution in [3.05, 3.63) is 24.3 Å². The fourth-order valence-corrected chi connectivity index (χ4v) is 3.10. The van der Waals surface area contributed by atoms with E-state index in [1.165, 1.54) is 0 Å². The topological polar surface area (TPSA) is 12.5 Å². The van der Waals surface area contributed by atoms with Crippen molar-refractivity contribution in [1.82, 2.24) is 0 Å². The molecular formula is C15H24BrNO. The Labute approximate surface area is 119 Å². The van der Waals surface area contributed by atoms with Gasteiger partial charge in [-0.2, -0.15) is 0 Å². The molecule has 2 nitrogen and oxygen atoms in total. The molecule has 0 saturated carbocycles. The SMILES string of the molecule is COc1ccccc1N(C)CC(CBr)C(C)(C)C. The first-order valence-corrected chi connectivity index (χ1v) is 7.42. The Morgan fingerprint density at radius 2 is 1.89 bits per heavy atom. The second-order valence-electron chi connectivity index (χ2n) is 5.77. The minimum Gasteiger partial charge on any atom is -0.495 e. The summed E-state index contributed by atoms with van der Waals surface area (Å²) >= 11 is 3.63. The van der Waals surface area contributed by atoms with Crippen LogP contribution < -0.4 is 9.64 Å². The number of halogens is 1. The Balaban J connectivity index is 2.84. The van der Waals surface area contributed by atoms with Crippen LogP contribution >= 0.6 is 15.9 Å². The fourth-order valence-electron chi connectivity index (χ4n) is 1.93. The first-order valence-electron chi connectivity index (χ1n) is 6.30. The molecule has 0 aliphatic carbocycles. The molecular weight excluding hydrogens is 290 g/mol. The standard InChI is InChI=1S/C15H24BrNO/c1-15(2,3)12(10-16)11-17(4)13-8-6-7-9-14(13)18-5/h6-9,12H,10-11H2,1-5H3. The van der Waals surface area contributed by atoms with E-state index in [-0.39, 0.29) is 0 Å². The molecule has 1 atom stereocenters. The molecule has 0 fully saturated rings. The first-order chi connectivity index (χ1) is 8.40. The summed E-state index contributed by atoms with van der Waals surface area (Å²) in [6.07, 6.45) is 0. The number of hydrogen-bond acceptors (Lipinski definition) is 2. The monoisotopic (exact) mass is 313 g/mol. The van der Waals surface area contributed by atoms with Crippen LogP contribution in [0.2, 0.25) is 0 Å². The van der Waals surface area contributed by atoms with Gasteiger partial charge in [0, 0.05) is 18.9 Å². The van der Waals surface area contributed by atoms with Gasteiger partial charge in [0.15, 0.2) is 0 Å². The van der Waals surface area contributed by atoms with Gasteiger partial charge in [0.05, 0.1) is 12.8 Å². The van der Waals surface area contributed by atoms with Crippen LogP contribution in [0.4, 0.5) is 5.69 Å². The highest BCUT2D eigenvalue weighted by molar-refractivity contribution is 9.09. The van der Waals surface area contributed by atoms with Crippen molar-refractivity contribution in [2.24, 2.45) is 11.3 Å². The highest BCUT2D eigenvalue weighted by Crippen LogP contribution is 2.32. The van der Waals surface area contributed by atoms with Gasteiger partial charge < -0.3 is 9.64 Å². The minimum absolute atomic E-state index is 0.291. The number of methoxy groups -OCH3 is 1. The van der Waals surface area contributed by atoms with Gasteiger partial charge in [0.25, 0.3) is 0 Å². The number of anilines is 1. The van der Waals surface area contributed by atoms with Gasteiger partial charge in [-0.15, -0.1) is 0 Å². The molecule has 1 aromatic carbocycles. The number of benzene rings is 1. The molecule has 0 radical (unpaired) electrons. The van der Waals surface area contributed by atoms with Crippen LogP contribution in [-0.4, -0.2) is 26.0 Å². The number of para-hydroxylation sites is 2. The lowest BCUT2D eigenvalue weighted by Crippen LogP contribution is -2.34. The molecule has 0 aliphatic rings. The van der Waals surface area contributed by atoms with Crippen molar-refractivity contribution in [2.45, 2.75) is 20.8 Å². The zero-order valence-electron chi connectivity index (χ0n) is 12.0. The van der Waals surface area contributed by atoms with Crippen LogP contribution in [0.15, 0.2) is 24.3 Å². The van der Waals surface area contributed by atoms with E-state index in [0.717, 1.165) is 23.3 Å². The largest absolute Gasteiger partial charge is 0.495 e. The highest BCUT2D eigenvalue weighted by Gasteiger charge is 2.25. The molecule has 18 heavy (non-hydrogen) atoms. The lowest BCUT2D eigenvalue weighted by atomic mass is 9.82. The van der Waals surface area contributed by atoms with Crippen molar-refractivity contribution in [1.29, 1.82) is 0 Å². The average molecular weight is 314 g/mol. The molecule has 0 saturated heterocycles. The number of alkyl halides is 1. The minimum atomic E-state index is 0.291. The van der Waals surface area contributed by atoms with Gasteiger partial charge in [-0.05, 0) is 23.5 Å². The normalized spacial score (nSPS) is 13.2. The van der Waals surface area contributed by atoms with Crippen LogP contribution in [0.1, 0.15) is 20.8 Å². The van der Waals surface area contributed by atoms with Crippen molar-refractivity contribution in [3.8, 4) is 5.75 Å². The molecule has 0 bridgehead atoms. The zero-order chi connectivity index (χ0) is 13.8. The maximum absolute atomic E-state index is 5.41. The molecule has 1 aromatic rings. The summed E-state index contributed by atoms with van der Waals surface area (Å²) in [4.78, 5) is 2.27. The van der Waals surface area contributed by atoms with Crippen LogP contribution in [0.3, 0.4) is 0 Å². The second-order valence-corrected chi connectivity index (χ2v) is 6.42. The summed E-state index contributed by atoms with van der Waals surface area (Å²) in [7, 11) is 3.84. The summed E-state index contributed by atoms with van der Waals surface area (Å²) in [5.74, 6) is 1.52. The summed E-state index contributed by atoms with van der Waals surface area (Å²) in [5, 5.41) is 1.01. The smallest absolute Gasteiger partial charge is 0.142 e. The molecule has 0 spiro atoms. The Hall–Kier alpha value is -0.700. The van der Waals surface area contributed by atoms with Crippen LogP contribution in [0, 0.1) is 11.3 Å². The Morgan fingerprint density at radius 1 is 1.28 bits per heavy atom. The fraction of sp³-hybridized carbons (Fsp3) is 0.600. The number of hydrogen-bond donors (Lipinski definition) is 0. The third kappa shape index (κ3) is 3.91. The molecule has 1 rings (SSSR count). The highest BCUT2D eigenvalue weighted by atomic mass is 79.9. The van der Waals surface area contributed by atoms with E-state index >= 15 is 0 Å². The van der Waals surface area contributed by atoms with Crippen molar-refractivity contribution < 1.29 is 4.74 Å². The lowest BCUT2D eigenvalue weighted by molar-refractivity contribution is 0.272. The second kappa shape index (κ2) is 6.46. The van der Waals surface area contributed by atoms with Gasteiger partial charge in [-0.1, -0.05) is 48.8 Å². The molecule has 0 N–H and O–H groups in total. The van der Waals surface area contributed by atoms with Crippen LogP contribution in [-0.2, 0) is 0 Å². The molecule has 0 aliphatic heterocycles. The molecule has 102 valence electrons. The van der Waals surface area contributed by atoms with E-state index < -0.39 is 0 Å². The third-order valence-electron chi connectivity index (χ3n) is 3.40. The maximum Gasteiger partial charge on any atom is 0.142 e. The third-order valence-corrected chi connectivity index (χ3v) is 4.18. The Kier molecular flexibility index (Phi) is 5.51. The summed E-state index contributed by atoms with van der Waals surface area (Å²) < 4.78 is 5.41. The number of nitrogens with zero attached hydrogens (tertiary/aromatic N) is 1. The van der Waals surface area contributed by atoms with Crippen LogP contribution in [0.25, 0.3) is 0 Å². The van der Waals surface area contributed by atoms with Gasteiger partial charge >= 0.3 is 0 Å². The Morgan fingerprint density at radius 3 is 2.39 bits per heavy atom. The quantitative estimate of drug-likeness (QED) is 0.756. The van der Waals surface area contributed by atoms with Crippen molar-refractivity contribution >= 4 is 21.6 Å². The molecule has 0 amide bonds. The number of ether oxygens (including phenoxy) is 1. The predicted octanol–water partition coefficient (Wildman–Crippen LogP) is 4.19. The predicted molar refractivity (Wildman–Crippen MR) is 83.0 cm³/mol. The van der Waals surface area contributed by atoms with Gasteiger partial charge in [-0.3, -0.25) is 0 Å². The molecule has 0 aromatic heterocycles. The summed E-state index contributed by atoms with van der Waals surface area (Å²) in [6, 6.07) is 8.16. The number of rotatable bonds is 5. The summed E-state index contributed by atoms with van der Waals surface area (Å²) in [5.41, 5.74) is 1.44. The summed E-state index contributed by atoms with van der Waals surface area (Å²) in [6.45, 7) is 7.87. The van der Waals surface area contributed by atoms with E-state index in [2.05, 4.69) is 60.8 Å². The van der Waals surface area contributed by atoms with E-state index in [4.69, 9.17) is 4.74 Å². The van der Waals surface area contributed by atoms with E-state index in [9.17, 15) is 0 Å².